The quantitative estimate of drug-likeness (QED) is 0.102. The first kappa shape index (κ1) is 56.9. The molecule has 0 aliphatic carbocycles. The molecule has 6 nitrogen and oxygen atoms in total. The van der Waals surface area contributed by atoms with Crippen LogP contribution < -0.4 is 14.0 Å². The van der Waals surface area contributed by atoms with Crippen LogP contribution in [-0.4, -0.2) is 14.0 Å². The lowest BCUT2D eigenvalue weighted by Gasteiger charge is -2.18. The molecule has 0 radical (unpaired) electrons. The summed E-state index contributed by atoms with van der Waals surface area (Å²) in [4.78, 5) is 0. The van der Waals surface area contributed by atoms with Crippen molar-refractivity contribution in [3.63, 3.8) is 0 Å². The third-order valence-electron chi connectivity index (χ3n) is 14.5. The Kier molecular flexibility index (Phi) is 16.9. The van der Waals surface area contributed by atoms with E-state index < -0.39 is 34.9 Å². The molecule has 3 heterocycles. The number of hydrogen-bond acceptors (Lipinski definition) is 0. The number of halogens is 6. The minimum atomic E-state index is -0.576. The predicted octanol–water partition coefficient (Wildman–Crippen LogP) is 15.8. The molecule has 0 spiro atoms. The van der Waals surface area contributed by atoms with E-state index in [0.29, 0.717) is 45.6 Å². The monoisotopic (exact) mass is 1070 g/mol. The second-order valence-corrected chi connectivity index (χ2v) is 21.3. The molecule has 0 atom stereocenters. The highest BCUT2D eigenvalue weighted by Crippen LogP contribution is 2.37. The second-order valence-electron chi connectivity index (χ2n) is 21.3. The van der Waals surface area contributed by atoms with Gasteiger partial charge in [0, 0.05) is 18.2 Å². The van der Waals surface area contributed by atoms with Crippen LogP contribution in [0.1, 0.15) is 89.6 Å². The van der Waals surface area contributed by atoms with Gasteiger partial charge in [-0.3, -0.25) is 0 Å². The highest BCUT2D eigenvalue weighted by Gasteiger charge is 2.25. The fraction of sp³-hybridized carbons (Fsp3) is 0.239. The van der Waals surface area contributed by atoms with Crippen LogP contribution in [0.3, 0.4) is 0 Å². The van der Waals surface area contributed by atoms with Crippen molar-refractivity contribution in [3.8, 4) is 61.6 Å². The molecular formula is C67H69F6N6+3. The van der Waals surface area contributed by atoms with Gasteiger partial charge in [0.05, 0.1) is 35.3 Å². The van der Waals surface area contributed by atoms with E-state index in [9.17, 15) is 26.3 Å². The van der Waals surface area contributed by atoms with E-state index in [1.165, 1.54) is 57.1 Å². The van der Waals surface area contributed by atoms with Gasteiger partial charge in [0.2, 0.25) is 18.6 Å². The number of benzene rings is 7. The minimum Gasteiger partial charge on any atom is -0.207 e. The Morgan fingerprint density at radius 1 is 0.329 bits per heavy atom. The van der Waals surface area contributed by atoms with Gasteiger partial charge in [-0.2, -0.15) is 0 Å². The van der Waals surface area contributed by atoms with Crippen molar-refractivity contribution >= 4 is 0 Å². The van der Waals surface area contributed by atoms with Crippen LogP contribution in [0.25, 0.3) is 61.6 Å². The molecule has 406 valence electrons. The van der Waals surface area contributed by atoms with E-state index in [2.05, 4.69) is 110 Å². The van der Waals surface area contributed by atoms with Gasteiger partial charge in [-0.1, -0.05) is 107 Å². The molecular weight excluding hydrogens is 1000 g/mol. The van der Waals surface area contributed by atoms with Crippen LogP contribution in [0.4, 0.5) is 26.3 Å². The summed E-state index contributed by atoms with van der Waals surface area (Å²) >= 11 is 0. The maximum atomic E-state index is 14.5. The second kappa shape index (κ2) is 23.4. The van der Waals surface area contributed by atoms with E-state index in [0.717, 1.165) is 57.1 Å². The van der Waals surface area contributed by atoms with Crippen LogP contribution in [0.15, 0.2) is 152 Å². The number of aromatic nitrogens is 6. The smallest absolute Gasteiger partial charge is 0.203 e. The average molecular weight is 1070 g/mol. The van der Waals surface area contributed by atoms with Gasteiger partial charge in [0.15, 0.2) is 38.6 Å². The summed E-state index contributed by atoms with van der Waals surface area (Å²) < 4.78 is 94.4. The first-order valence-corrected chi connectivity index (χ1v) is 26.4. The first-order valence-electron chi connectivity index (χ1n) is 26.4. The molecule has 0 aliphatic rings. The van der Waals surface area contributed by atoms with Crippen molar-refractivity contribution in [1.29, 1.82) is 0 Å². The summed E-state index contributed by atoms with van der Waals surface area (Å²) in [6.07, 6.45) is 11.7. The number of hydrogen-bond donors (Lipinski definition) is 0. The van der Waals surface area contributed by atoms with Crippen LogP contribution in [0.2, 0.25) is 0 Å². The molecule has 0 saturated carbocycles. The number of rotatable bonds is 9. The fourth-order valence-corrected chi connectivity index (χ4v) is 10.9. The van der Waals surface area contributed by atoms with Gasteiger partial charge in [-0.15, -0.1) is 28.1 Å². The molecule has 0 fully saturated rings. The molecule has 0 amide bonds. The van der Waals surface area contributed by atoms with Gasteiger partial charge < -0.3 is 0 Å². The van der Waals surface area contributed by atoms with Gasteiger partial charge >= 0.3 is 0 Å². The zero-order valence-corrected chi connectivity index (χ0v) is 47.5. The predicted molar refractivity (Wildman–Crippen MR) is 304 cm³/mol. The molecule has 0 bridgehead atoms. The van der Waals surface area contributed by atoms with Gasteiger partial charge in [0.25, 0.3) is 0 Å². The van der Waals surface area contributed by atoms with Crippen LogP contribution >= 0.6 is 0 Å². The standard InChI is InChI=1S/C25H23F2N2.C23H27F2N2.C19H19F2N2/c1-16-10-20(19-8-6-5-7-9-19)11-17(2)24(16)21-14-28(4)29(15-21)25-18(3)12-22(26)13-23(25)27;1-14(2)19-8-7-9-20(15(3)4)22(19)17-12-26(6)27(13-17)23-16(5)10-18(24)11-21(23)25;1-12-6-5-7-13(2)18(12)15-10-22(4)23(11-15)19-14(3)8-16(20)9-17(19)21/h5-15H,1-4H3;7-15H,1-6H3;5-11H,1-4H3/q3*+1. The normalized spacial score (nSPS) is 11.3. The highest BCUT2D eigenvalue weighted by molar-refractivity contribution is 5.76. The Morgan fingerprint density at radius 3 is 1.00 bits per heavy atom. The Balaban J connectivity index is 0.000000157. The van der Waals surface area contributed by atoms with Crippen molar-refractivity contribution < 1.29 is 40.4 Å². The maximum Gasteiger partial charge on any atom is 0.203 e. The molecule has 0 unspecified atom stereocenters. The van der Waals surface area contributed by atoms with Crippen LogP contribution in [0.5, 0.6) is 0 Å². The topological polar surface area (TPSA) is 26.4 Å². The lowest BCUT2D eigenvalue weighted by Crippen LogP contribution is -2.37. The van der Waals surface area contributed by atoms with E-state index in [-0.39, 0.29) is 0 Å². The Labute approximate surface area is 460 Å². The molecule has 10 rings (SSSR count). The molecule has 12 heteroatoms. The van der Waals surface area contributed by atoms with Crippen molar-refractivity contribution in [3.05, 3.63) is 237 Å². The van der Waals surface area contributed by atoms with Gasteiger partial charge in [-0.25, -0.2) is 26.3 Å². The molecule has 0 saturated heterocycles. The van der Waals surface area contributed by atoms with Gasteiger partial charge in [-0.05, 0) is 156 Å². The lowest BCUT2D eigenvalue weighted by atomic mass is 9.86. The number of nitrogens with zero attached hydrogens (tertiary/aromatic N) is 6. The summed E-state index contributed by atoms with van der Waals surface area (Å²) in [5, 5.41) is 0. The lowest BCUT2D eigenvalue weighted by molar-refractivity contribution is -0.744. The first-order chi connectivity index (χ1) is 37.4. The minimum absolute atomic E-state index is 0.358. The van der Waals surface area contributed by atoms with E-state index in [1.807, 2.05) is 96.6 Å². The molecule has 3 aromatic heterocycles. The van der Waals surface area contributed by atoms with Crippen molar-refractivity contribution in [2.45, 2.75) is 88.0 Å². The Morgan fingerprint density at radius 2 is 0.658 bits per heavy atom. The maximum absolute atomic E-state index is 14.5. The van der Waals surface area contributed by atoms with Crippen molar-refractivity contribution in [2.75, 3.05) is 0 Å². The summed E-state index contributed by atoms with van der Waals surface area (Å²) in [7, 11) is 5.58. The van der Waals surface area contributed by atoms with Crippen LogP contribution in [0, 0.1) is 83.4 Å². The molecule has 0 N–H and O–H groups in total. The third-order valence-corrected chi connectivity index (χ3v) is 14.5. The van der Waals surface area contributed by atoms with Gasteiger partial charge in [0.1, 0.15) is 34.5 Å². The molecule has 10 aromatic rings. The Bertz CT molecular complexity index is 3740. The zero-order valence-electron chi connectivity index (χ0n) is 47.5. The summed E-state index contributed by atoms with van der Waals surface area (Å²) in [5.41, 5.74) is 18.8. The van der Waals surface area contributed by atoms with Crippen molar-refractivity contribution in [1.82, 2.24) is 14.0 Å². The van der Waals surface area contributed by atoms with E-state index in [1.54, 1.807) is 34.8 Å². The average Bonchev–Trinajstić information content (AvgIpc) is 4.05. The summed E-state index contributed by atoms with van der Waals surface area (Å²) in [5.74, 6) is -2.65. The zero-order chi connectivity index (χ0) is 57.3. The molecule has 7 aromatic carbocycles. The Hall–Kier alpha value is -8.25. The van der Waals surface area contributed by atoms with Crippen LogP contribution in [-0.2, 0) is 21.1 Å². The highest BCUT2D eigenvalue weighted by atomic mass is 19.2. The summed E-state index contributed by atoms with van der Waals surface area (Å²) in [6.45, 7) is 22.2. The van der Waals surface area contributed by atoms with E-state index >= 15 is 0 Å². The molecule has 0 aliphatic heterocycles. The number of aryl methyl sites for hydroxylation is 10. The summed E-state index contributed by atoms with van der Waals surface area (Å²) in [6, 6.07) is 34.0. The third kappa shape index (κ3) is 11.9. The largest absolute Gasteiger partial charge is 0.207 e. The van der Waals surface area contributed by atoms with Crippen molar-refractivity contribution in [2.24, 2.45) is 21.1 Å². The fourth-order valence-electron chi connectivity index (χ4n) is 10.9. The molecule has 79 heavy (non-hydrogen) atoms. The SMILES string of the molecule is Cc1cc(-c2ccccc2)cc(C)c1-c1cn(-c2c(C)cc(F)cc2F)[n+](C)c1.Cc1cc(F)cc(F)c1-n1cc(-c2c(C(C)C)cccc2C(C)C)c[n+]1C.Cc1cccc(C)c1-c1cn(-c2c(C)cc(F)cc2F)[n+](C)c1. The van der Waals surface area contributed by atoms with E-state index in [4.69, 9.17) is 0 Å².